The van der Waals surface area contributed by atoms with Gasteiger partial charge in [-0.1, -0.05) is 25.6 Å². The van der Waals surface area contributed by atoms with Crippen molar-refractivity contribution in [3.8, 4) is 0 Å². The Kier molecular flexibility index (Phi) is 5.35. The van der Waals surface area contributed by atoms with E-state index in [2.05, 4.69) is 4.98 Å². The molecular weight excluding hydrogens is 264 g/mol. The van der Waals surface area contributed by atoms with Gasteiger partial charge >= 0.3 is 5.97 Å². The van der Waals surface area contributed by atoms with Crippen LogP contribution < -0.4 is 0 Å². The van der Waals surface area contributed by atoms with Gasteiger partial charge < -0.3 is 10.0 Å². The maximum Gasteiger partial charge on any atom is 0.317 e. The van der Waals surface area contributed by atoms with Crippen LogP contribution >= 0.6 is 11.8 Å². The number of hydrogen-bond donors (Lipinski definition) is 1. The number of carboxylic acids is 1. The Labute approximate surface area is 117 Å². The zero-order chi connectivity index (χ0) is 14.6. The Morgan fingerprint density at radius 3 is 2.32 bits per heavy atom. The number of aromatic nitrogens is 1. The number of nitrogens with zero attached hydrogens (tertiary/aromatic N) is 2. The fraction of sp³-hybridized carbons (Fsp3) is 0.462. The third-order valence-electron chi connectivity index (χ3n) is 2.49. The molecule has 0 saturated heterocycles. The molecular formula is C13H18N2O3S. The Morgan fingerprint density at radius 1 is 1.32 bits per heavy atom. The third kappa shape index (κ3) is 4.24. The van der Waals surface area contributed by atoms with Gasteiger partial charge in [-0.25, -0.2) is 4.98 Å². The number of aliphatic carboxylic acids is 1. The smallest absolute Gasteiger partial charge is 0.317 e. The molecule has 6 heteroatoms. The molecule has 1 N–H and O–H groups in total. The van der Waals surface area contributed by atoms with Crippen molar-refractivity contribution in [3.63, 3.8) is 0 Å². The summed E-state index contributed by atoms with van der Waals surface area (Å²) in [5.74, 6) is -0.967. The highest BCUT2D eigenvalue weighted by Crippen LogP contribution is 2.26. The van der Waals surface area contributed by atoms with Crippen LogP contribution in [0, 0.1) is 5.92 Å². The van der Waals surface area contributed by atoms with Crippen molar-refractivity contribution in [2.75, 3.05) is 14.1 Å². The summed E-state index contributed by atoms with van der Waals surface area (Å²) < 4.78 is 0. The molecule has 19 heavy (non-hydrogen) atoms. The first-order valence-corrected chi connectivity index (χ1v) is 6.78. The lowest BCUT2D eigenvalue weighted by Crippen LogP contribution is -2.23. The SMILES string of the molecule is CC(C)C(Sc1ccc(C(=O)N(C)C)cn1)C(=O)O. The lowest BCUT2D eigenvalue weighted by Gasteiger charge is -2.15. The van der Waals surface area contributed by atoms with Gasteiger partial charge in [0.05, 0.1) is 10.6 Å². The van der Waals surface area contributed by atoms with Gasteiger partial charge in [0.25, 0.3) is 5.91 Å². The minimum absolute atomic E-state index is 0.00684. The summed E-state index contributed by atoms with van der Waals surface area (Å²) in [6, 6.07) is 3.34. The predicted octanol–water partition coefficient (Wildman–Crippen LogP) is 1.98. The van der Waals surface area contributed by atoms with Crippen LogP contribution in [-0.4, -0.2) is 46.2 Å². The van der Waals surface area contributed by atoms with Crippen LogP contribution in [0.4, 0.5) is 0 Å². The van der Waals surface area contributed by atoms with Gasteiger partial charge in [-0.2, -0.15) is 0 Å². The molecule has 0 fully saturated rings. The van der Waals surface area contributed by atoms with Gasteiger partial charge in [-0.15, -0.1) is 0 Å². The molecule has 0 radical (unpaired) electrons. The van der Waals surface area contributed by atoms with E-state index in [1.807, 2.05) is 13.8 Å². The van der Waals surface area contributed by atoms with Crippen molar-refractivity contribution in [1.29, 1.82) is 0 Å². The molecule has 0 aliphatic heterocycles. The second-order valence-electron chi connectivity index (χ2n) is 4.71. The minimum Gasteiger partial charge on any atom is -0.480 e. The fourth-order valence-electron chi connectivity index (χ4n) is 1.44. The van der Waals surface area contributed by atoms with Gasteiger partial charge in [0.2, 0.25) is 0 Å². The molecule has 0 bridgehead atoms. The van der Waals surface area contributed by atoms with Crippen LogP contribution in [0.1, 0.15) is 24.2 Å². The van der Waals surface area contributed by atoms with Gasteiger partial charge in [0.15, 0.2) is 0 Å². The molecule has 104 valence electrons. The maximum atomic E-state index is 11.7. The first-order valence-electron chi connectivity index (χ1n) is 5.90. The highest BCUT2D eigenvalue weighted by atomic mass is 32.2. The largest absolute Gasteiger partial charge is 0.480 e. The highest BCUT2D eigenvalue weighted by Gasteiger charge is 2.23. The number of amides is 1. The van der Waals surface area contributed by atoms with Gasteiger partial charge in [-0.05, 0) is 18.1 Å². The van der Waals surface area contributed by atoms with E-state index in [0.29, 0.717) is 10.6 Å². The Hall–Kier alpha value is -1.56. The summed E-state index contributed by atoms with van der Waals surface area (Å²) in [6.45, 7) is 3.71. The van der Waals surface area contributed by atoms with E-state index >= 15 is 0 Å². The summed E-state index contributed by atoms with van der Waals surface area (Å²) in [5.41, 5.74) is 0.491. The zero-order valence-corrected chi connectivity index (χ0v) is 12.3. The number of carbonyl (C=O) groups is 2. The number of hydrogen-bond acceptors (Lipinski definition) is 4. The first kappa shape index (κ1) is 15.5. The topological polar surface area (TPSA) is 70.5 Å². The summed E-state index contributed by atoms with van der Waals surface area (Å²) >= 11 is 1.20. The van der Waals surface area contributed by atoms with Crippen LogP contribution in [0.15, 0.2) is 23.4 Å². The normalized spacial score (nSPS) is 12.3. The molecule has 0 aliphatic rings. The van der Waals surface area contributed by atoms with E-state index in [1.54, 1.807) is 26.2 Å². The summed E-state index contributed by atoms with van der Waals surface area (Å²) in [7, 11) is 3.34. The van der Waals surface area contributed by atoms with Crippen molar-refractivity contribution in [2.45, 2.75) is 24.1 Å². The van der Waals surface area contributed by atoms with Crippen molar-refractivity contribution in [2.24, 2.45) is 5.92 Å². The second kappa shape index (κ2) is 6.56. The van der Waals surface area contributed by atoms with Crippen molar-refractivity contribution in [1.82, 2.24) is 9.88 Å². The first-order chi connectivity index (χ1) is 8.82. The lowest BCUT2D eigenvalue weighted by atomic mass is 10.1. The quantitative estimate of drug-likeness (QED) is 0.836. The van der Waals surface area contributed by atoms with E-state index in [-0.39, 0.29) is 11.8 Å². The third-order valence-corrected chi connectivity index (χ3v) is 3.97. The van der Waals surface area contributed by atoms with E-state index in [4.69, 9.17) is 5.11 Å². The van der Waals surface area contributed by atoms with Gasteiger partial charge in [0.1, 0.15) is 5.25 Å². The Morgan fingerprint density at radius 2 is 1.95 bits per heavy atom. The number of carboxylic acid groups (broad SMARTS) is 1. The van der Waals surface area contributed by atoms with Crippen LogP contribution in [-0.2, 0) is 4.79 Å². The standard InChI is InChI=1S/C13H18N2O3S/c1-8(2)11(13(17)18)19-10-6-5-9(7-14-10)12(16)15(3)4/h5-8,11H,1-4H3,(H,17,18). The molecule has 1 amide bonds. The number of thioether (sulfide) groups is 1. The van der Waals surface area contributed by atoms with Crippen LogP contribution in [0.5, 0.6) is 0 Å². The molecule has 1 unspecified atom stereocenters. The van der Waals surface area contributed by atoms with Crippen molar-refractivity contribution in [3.05, 3.63) is 23.9 Å². The molecule has 0 spiro atoms. The monoisotopic (exact) mass is 282 g/mol. The van der Waals surface area contributed by atoms with Crippen LogP contribution in [0.2, 0.25) is 0 Å². The summed E-state index contributed by atoms with van der Waals surface area (Å²) in [4.78, 5) is 28.4. The van der Waals surface area contributed by atoms with Crippen molar-refractivity contribution < 1.29 is 14.7 Å². The fourth-order valence-corrected chi connectivity index (χ4v) is 2.33. The molecule has 1 rings (SSSR count). The van der Waals surface area contributed by atoms with Gasteiger partial charge in [-0.3, -0.25) is 9.59 Å². The zero-order valence-electron chi connectivity index (χ0n) is 11.5. The molecule has 0 saturated carbocycles. The number of rotatable bonds is 5. The number of pyridine rings is 1. The maximum absolute atomic E-state index is 11.7. The molecule has 1 aromatic rings. The average molecular weight is 282 g/mol. The van der Waals surface area contributed by atoms with Gasteiger partial charge in [0, 0.05) is 20.3 Å². The molecule has 0 aliphatic carbocycles. The van der Waals surface area contributed by atoms with E-state index in [0.717, 1.165) is 0 Å². The number of carbonyl (C=O) groups excluding carboxylic acids is 1. The predicted molar refractivity (Wildman–Crippen MR) is 74.4 cm³/mol. The Bertz CT molecular complexity index is 457. The van der Waals surface area contributed by atoms with Crippen LogP contribution in [0.25, 0.3) is 0 Å². The summed E-state index contributed by atoms with van der Waals surface area (Å²) in [5, 5.41) is 9.18. The molecule has 1 atom stereocenters. The van der Waals surface area contributed by atoms with Crippen molar-refractivity contribution >= 4 is 23.6 Å². The van der Waals surface area contributed by atoms with Crippen LogP contribution in [0.3, 0.4) is 0 Å². The van der Waals surface area contributed by atoms with E-state index in [9.17, 15) is 9.59 Å². The van der Waals surface area contributed by atoms with E-state index in [1.165, 1.54) is 22.9 Å². The highest BCUT2D eigenvalue weighted by molar-refractivity contribution is 8.00. The molecule has 0 aromatic carbocycles. The molecule has 5 nitrogen and oxygen atoms in total. The second-order valence-corrected chi connectivity index (χ2v) is 5.87. The molecule has 1 heterocycles. The average Bonchev–Trinajstić information content (AvgIpc) is 2.34. The molecule has 1 aromatic heterocycles. The minimum atomic E-state index is -0.852. The summed E-state index contributed by atoms with van der Waals surface area (Å²) in [6.07, 6.45) is 1.48. The van der Waals surface area contributed by atoms with E-state index < -0.39 is 11.2 Å². The Balaban J connectivity index is 2.82. The lowest BCUT2D eigenvalue weighted by molar-refractivity contribution is -0.137.